The Labute approximate surface area is 237 Å². The van der Waals surface area contributed by atoms with E-state index < -0.39 is 11.2 Å². The molecule has 1 fully saturated rings. The minimum atomic E-state index is -0.622. The number of para-hydroxylation sites is 1. The number of carbonyl (C=O) groups is 2. The SMILES string of the molecule is Cc1cc(C)c(NC(=O)Cn2c(=O)n(-c3ccc(CC(=O)NC[C@@H]4CCCO4)cc3)c(=O)c3ccccc32)c(C)c1. The van der Waals surface area contributed by atoms with Crippen LogP contribution in [0.3, 0.4) is 0 Å². The zero-order valence-corrected chi connectivity index (χ0v) is 23.5. The third-order valence-electron chi connectivity index (χ3n) is 7.40. The number of rotatable bonds is 8. The van der Waals surface area contributed by atoms with Gasteiger partial charge in [-0.3, -0.25) is 19.0 Å². The summed E-state index contributed by atoms with van der Waals surface area (Å²) in [6.07, 6.45) is 2.19. The first-order chi connectivity index (χ1) is 19.7. The van der Waals surface area contributed by atoms with Crippen LogP contribution in [0.2, 0.25) is 0 Å². The first-order valence-electron chi connectivity index (χ1n) is 13.8. The summed E-state index contributed by atoms with van der Waals surface area (Å²) in [5, 5.41) is 6.16. The summed E-state index contributed by atoms with van der Waals surface area (Å²) in [5.41, 5.74) is 4.05. The van der Waals surface area contributed by atoms with Crippen LogP contribution in [0.15, 0.2) is 70.3 Å². The van der Waals surface area contributed by atoms with Crippen molar-refractivity contribution in [1.82, 2.24) is 14.5 Å². The summed E-state index contributed by atoms with van der Waals surface area (Å²) in [6.45, 7) is 6.79. The van der Waals surface area contributed by atoms with Crippen molar-refractivity contribution in [3.05, 3.63) is 104 Å². The highest BCUT2D eigenvalue weighted by atomic mass is 16.5. The zero-order chi connectivity index (χ0) is 29.1. The van der Waals surface area contributed by atoms with Crippen LogP contribution < -0.4 is 21.9 Å². The molecule has 0 saturated carbocycles. The monoisotopic (exact) mass is 554 g/mol. The lowest BCUT2D eigenvalue weighted by Crippen LogP contribution is -2.40. The van der Waals surface area contributed by atoms with Crippen LogP contribution >= 0.6 is 0 Å². The fraction of sp³-hybridized carbons (Fsp3) is 0.312. The van der Waals surface area contributed by atoms with Gasteiger partial charge in [-0.1, -0.05) is 42.0 Å². The summed E-state index contributed by atoms with van der Waals surface area (Å²) in [4.78, 5) is 52.7. The molecule has 2 N–H and O–H groups in total. The van der Waals surface area contributed by atoms with Crippen molar-refractivity contribution in [1.29, 1.82) is 0 Å². The zero-order valence-electron chi connectivity index (χ0n) is 23.5. The minimum Gasteiger partial charge on any atom is -0.376 e. The smallest absolute Gasteiger partial charge is 0.336 e. The topological polar surface area (TPSA) is 111 Å². The molecule has 212 valence electrons. The number of nitrogens with zero attached hydrogens (tertiary/aromatic N) is 2. The highest BCUT2D eigenvalue weighted by Crippen LogP contribution is 2.22. The predicted octanol–water partition coefficient (Wildman–Crippen LogP) is 3.55. The van der Waals surface area contributed by atoms with Crippen molar-refractivity contribution >= 4 is 28.4 Å². The van der Waals surface area contributed by atoms with Gasteiger partial charge in [0.05, 0.1) is 29.1 Å². The Morgan fingerprint density at radius 3 is 2.34 bits per heavy atom. The van der Waals surface area contributed by atoms with Gasteiger partial charge in [0.2, 0.25) is 11.8 Å². The van der Waals surface area contributed by atoms with Crippen LogP contribution in [-0.2, 0) is 27.3 Å². The lowest BCUT2D eigenvalue weighted by molar-refractivity contribution is -0.121. The molecule has 4 aromatic rings. The van der Waals surface area contributed by atoms with Gasteiger partial charge in [-0.05, 0) is 74.6 Å². The van der Waals surface area contributed by atoms with E-state index in [9.17, 15) is 19.2 Å². The fourth-order valence-electron chi connectivity index (χ4n) is 5.44. The molecule has 0 radical (unpaired) electrons. The van der Waals surface area contributed by atoms with Crippen LogP contribution in [0.5, 0.6) is 0 Å². The predicted molar refractivity (Wildman–Crippen MR) is 159 cm³/mol. The Balaban J connectivity index is 1.41. The second-order valence-corrected chi connectivity index (χ2v) is 10.6. The van der Waals surface area contributed by atoms with Gasteiger partial charge in [-0.2, -0.15) is 0 Å². The molecule has 9 nitrogen and oxygen atoms in total. The Kier molecular flexibility index (Phi) is 8.16. The summed E-state index contributed by atoms with van der Waals surface area (Å²) in [5.74, 6) is -0.495. The minimum absolute atomic E-state index is 0.0651. The highest BCUT2D eigenvalue weighted by Gasteiger charge is 2.19. The number of aromatic nitrogens is 2. The highest BCUT2D eigenvalue weighted by molar-refractivity contribution is 5.93. The van der Waals surface area contributed by atoms with Crippen molar-refractivity contribution in [2.45, 2.75) is 52.7 Å². The quantitative estimate of drug-likeness (QED) is 0.346. The van der Waals surface area contributed by atoms with Crippen molar-refractivity contribution in [2.24, 2.45) is 0 Å². The molecular formula is C32H34N4O5. The van der Waals surface area contributed by atoms with Crippen LogP contribution in [0.4, 0.5) is 5.69 Å². The Morgan fingerprint density at radius 1 is 0.951 bits per heavy atom. The molecule has 2 heterocycles. The van der Waals surface area contributed by atoms with Crippen molar-refractivity contribution in [2.75, 3.05) is 18.5 Å². The van der Waals surface area contributed by atoms with E-state index in [0.29, 0.717) is 28.8 Å². The molecule has 0 bridgehead atoms. The molecule has 9 heteroatoms. The van der Waals surface area contributed by atoms with Crippen molar-refractivity contribution in [3.63, 3.8) is 0 Å². The summed E-state index contributed by atoms with van der Waals surface area (Å²) in [7, 11) is 0. The molecule has 0 aliphatic carbocycles. The van der Waals surface area contributed by atoms with E-state index in [1.165, 1.54) is 4.57 Å². The first-order valence-corrected chi connectivity index (χ1v) is 13.8. The molecule has 0 spiro atoms. The van der Waals surface area contributed by atoms with Gasteiger partial charge in [0, 0.05) is 18.8 Å². The van der Waals surface area contributed by atoms with Crippen LogP contribution in [0.25, 0.3) is 16.6 Å². The lowest BCUT2D eigenvalue weighted by Gasteiger charge is -2.16. The standard InChI is InChI=1S/C32H34N4O5/c1-20-15-21(2)30(22(3)16-20)34-29(38)19-35-27-9-5-4-8-26(27)31(39)36(32(35)40)24-12-10-23(11-13-24)17-28(37)33-18-25-7-6-14-41-25/h4-5,8-13,15-16,25H,6-7,14,17-19H2,1-3H3,(H,33,37)(H,34,38)/t25-/m0/s1. The van der Waals surface area contributed by atoms with Gasteiger partial charge in [-0.15, -0.1) is 0 Å². The molecule has 2 amide bonds. The van der Waals surface area contributed by atoms with Crippen LogP contribution in [-0.4, -0.2) is 40.2 Å². The van der Waals surface area contributed by atoms with Crippen molar-refractivity contribution in [3.8, 4) is 5.69 Å². The summed E-state index contributed by atoms with van der Waals surface area (Å²) >= 11 is 0. The third-order valence-corrected chi connectivity index (χ3v) is 7.40. The van der Waals surface area contributed by atoms with E-state index in [-0.39, 0.29) is 30.9 Å². The summed E-state index contributed by atoms with van der Waals surface area (Å²) in [6, 6.07) is 17.5. The molecule has 0 unspecified atom stereocenters. The molecule has 5 rings (SSSR count). The third kappa shape index (κ3) is 6.15. The maximum Gasteiger partial charge on any atom is 0.336 e. The lowest BCUT2D eigenvalue weighted by atomic mass is 10.1. The normalized spacial score (nSPS) is 14.8. The van der Waals surface area contributed by atoms with E-state index in [4.69, 9.17) is 4.74 Å². The number of fused-ring (bicyclic) bond motifs is 1. The van der Waals surface area contributed by atoms with Gasteiger partial charge < -0.3 is 15.4 Å². The van der Waals surface area contributed by atoms with Gasteiger partial charge in [-0.25, -0.2) is 9.36 Å². The summed E-state index contributed by atoms with van der Waals surface area (Å²) < 4.78 is 7.93. The van der Waals surface area contributed by atoms with E-state index >= 15 is 0 Å². The number of ether oxygens (including phenoxy) is 1. The maximum atomic E-state index is 13.7. The average molecular weight is 555 g/mol. The van der Waals surface area contributed by atoms with Gasteiger partial charge in [0.25, 0.3) is 5.56 Å². The number of anilines is 1. The Bertz CT molecular complexity index is 1710. The molecule has 41 heavy (non-hydrogen) atoms. The van der Waals surface area contributed by atoms with Crippen molar-refractivity contribution < 1.29 is 14.3 Å². The van der Waals surface area contributed by atoms with E-state index in [0.717, 1.165) is 46.3 Å². The van der Waals surface area contributed by atoms with Gasteiger partial charge in [0.1, 0.15) is 6.54 Å². The average Bonchev–Trinajstić information content (AvgIpc) is 3.47. The Hall–Kier alpha value is -4.50. The molecule has 1 aliphatic heterocycles. The van der Waals surface area contributed by atoms with Gasteiger partial charge >= 0.3 is 5.69 Å². The van der Waals surface area contributed by atoms with Crippen LogP contribution in [0, 0.1) is 20.8 Å². The molecule has 1 aromatic heterocycles. The second kappa shape index (κ2) is 11.9. The largest absolute Gasteiger partial charge is 0.376 e. The van der Waals surface area contributed by atoms with E-state index in [2.05, 4.69) is 10.6 Å². The molecule has 1 aliphatic rings. The fourth-order valence-corrected chi connectivity index (χ4v) is 5.44. The number of benzene rings is 3. The maximum absolute atomic E-state index is 13.7. The first kappa shape index (κ1) is 28.0. The number of amides is 2. The number of nitrogens with one attached hydrogen (secondary N) is 2. The molecule has 1 saturated heterocycles. The van der Waals surface area contributed by atoms with E-state index in [1.807, 2.05) is 32.9 Å². The number of hydrogen-bond acceptors (Lipinski definition) is 5. The number of hydrogen-bond donors (Lipinski definition) is 2. The molecular weight excluding hydrogens is 520 g/mol. The second-order valence-electron chi connectivity index (χ2n) is 10.6. The van der Waals surface area contributed by atoms with Crippen LogP contribution in [0.1, 0.15) is 35.1 Å². The molecule has 1 atom stereocenters. The number of aryl methyl sites for hydroxylation is 3. The number of carbonyl (C=O) groups excluding carboxylic acids is 2. The van der Waals surface area contributed by atoms with E-state index in [1.54, 1.807) is 48.5 Å². The van der Waals surface area contributed by atoms with Gasteiger partial charge in [0.15, 0.2) is 0 Å². The molecule has 3 aromatic carbocycles. The Morgan fingerprint density at radius 2 is 1.66 bits per heavy atom.